The van der Waals surface area contributed by atoms with Crippen molar-refractivity contribution in [3.63, 3.8) is 0 Å². The molecule has 0 aliphatic carbocycles. The number of hydrogen-bond donors (Lipinski definition) is 1. The van der Waals surface area contributed by atoms with Gasteiger partial charge in [-0.25, -0.2) is 13.1 Å². The predicted molar refractivity (Wildman–Crippen MR) is 79.3 cm³/mol. The molecule has 1 unspecified atom stereocenters. The summed E-state index contributed by atoms with van der Waals surface area (Å²) in [5.41, 5.74) is 1.25. The van der Waals surface area contributed by atoms with Crippen LogP contribution in [0.15, 0.2) is 39.8 Å². The molecule has 0 amide bonds. The number of benzene rings is 1. The maximum absolute atomic E-state index is 12.4. The second-order valence-electron chi connectivity index (χ2n) is 4.39. The summed E-state index contributed by atoms with van der Waals surface area (Å²) in [4.78, 5) is 0.111. The molecule has 5 nitrogen and oxygen atoms in total. The van der Waals surface area contributed by atoms with E-state index in [1.54, 1.807) is 13.8 Å². The molecule has 0 saturated heterocycles. The average molecular weight is 359 g/mol. The largest absolute Gasteiger partial charge is 0.360 e. The average Bonchev–Trinajstić information content (AvgIpc) is 2.77. The molecular weight excluding hydrogens is 344 g/mol. The van der Waals surface area contributed by atoms with Gasteiger partial charge in [0, 0.05) is 5.33 Å². The van der Waals surface area contributed by atoms with Crippen molar-refractivity contribution in [3.8, 4) is 0 Å². The maximum atomic E-state index is 12.4. The molecule has 0 aliphatic rings. The highest BCUT2D eigenvalue weighted by molar-refractivity contribution is 9.09. The van der Waals surface area contributed by atoms with Crippen LogP contribution in [0.1, 0.15) is 23.1 Å². The van der Waals surface area contributed by atoms with Crippen LogP contribution in [0.4, 0.5) is 0 Å². The quantitative estimate of drug-likeness (QED) is 0.834. The Labute approximate surface area is 126 Å². The zero-order valence-corrected chi connectivity index (χ0v) is 13.5. The van der Waals surface area contributed by atoms with Gasteiger partial charge in [-0.3, -0.25) is 0 Å². The van der Waals surface area contributed by atoms with Gasteiger partial charge in [0.05, 0.1) is 6.04 Å². The molecule has 0 bridgehead atoms. The molecule has 2 rings (SSSR count). The van der Waals surface area contributed by atoms with Crippen molar-refractivity contribution in [3.05, 3.63) is 47.3 Å². The Balaban J connectivity index is 2.32. The number of hydrogen-bond acceptors (Lipinski definition) is 4. The van der Waals surface area contributed by atoms with Gasteiger partial charge in [0.15, 0.2) is 5.76 Å². The van der Waals surface area contributed by atoms with Crippen LogP contribution in [0.5, 0.6) is 0 Å². The number of aromatic nitrogens is 1. The molecule has 1 atom stereocenters. The molecule has 2 aromatic rings. The molecule has 20 heavy (non-hydrogen) atoms. The van der Waals surface area contributed by atoms with Crippen LogP contribution < -0.4 is 4.72 Å². The fraction of sp³-hybridized carbons (Fsp3) is 0.308. The van der Waals surface area contributed by atoms with Gasteiger partial charge in [0.2, 0.25) is 10.0 Å². The molecule has 0 radical (unpaired) electrons. The number of nitrogens with zero attached hydrogens (tertiary/aromatic N) is 1. The molecule has 7 heteroatoms. The third-order valence-corrected chi connectivity index (χ3v) is 5.25. The molecule has 0 spiro atoms. The predicted octanol–water partition coefficient (Wildman–Crippen LogP) is 2.71. The van der Waals surface area contributed by atoms with Crippen LogP contribution in [-0.2, 0) is 10.0 Å². The minimum Gasteiger partial charge on any atom is -0.360 e. The molecule has 0 fully saturated rings. The van der Waals surface area contributed by atoms with Gasteiger partial charge in [-0.05, 0) is 19.4 Å². The van der Waals surface area contributed by atoms with Crippen molar-refractivity contribution in [1.29, 1.82) is 0 Å². The van der Waals surface area contributed by atoms with Crippen LogP contribution in [0, 0.1) is 13.8 Å². The van der Waals surface area contributed by atoms with E-state index in [1.807, 2.05) is 30.3 Å². The third kappa shape index (κ3) is 3.11. The molecule has 0 saturated carbocycles. The number of nitrogens with one attached hydrogen (secondary N) is 1. The Morgan fingerprint density at radius 1 is 1.30 bits per heavy atom. The highest BCUT2D eigenvalue weighted by Crippen LogP contribution is 2.23. The van der Waals surface area contributed by atoms with Crippen molar-refractivity contribution in [2.75, 3.05) is 5.33 Å². The summed E-state index contributed by atoms with van der Waals surface area (Å²) in [7, 11) is -3.67. The van der Waals surface area contributed by atoms with Crippen LogP contribution in [-0.4, -0.2) is 18.9 Å². The number of alkyl halides is 1. The zero-order valence-electron chi connectivity index (χ0n) is 11.1. The summed E-state index contributed by atoms with van der Waals surface area (Å²) in [6, 6.07) is 9.03. The Morgan fingerprint density at radius 2 is 1.95 bits per heavy atom. The van der Waals surface area contributed by atoms with Gasteiger partial charge in [-0.1, -0.05) is 51.4 Å². The molecule has 1 aromatic heterocycles. The molecule has 0 aliphatic heterocycles. The van der Waals surface area contributed by atoms with Crippen LogP contribution in [0.25, 0.3) is 0 Å². The molecule has 108 valence electrons. The lowest BCUT2D eigenvalue weighted by Crippen LogP contribution is -2.30. The highest BCUT2D eigenvalue weighted by atomic mass is 79.9. The number of rotatable bonds is 5. The first kappa shape index (κ1) is 15.2. The summed E-state index contributed by atoms with van der Waals surface area (Å²) >= 11 is 3.34. The molecule has 1 heterocycles. The summed E-state index contributed by atoms with van der Waals surface area (Å²) in [6.07, 6.45) is 0. The van der Waals surface area contributed by atoms with Gasteiger partial charge in [-0.2, -0.15) is 0 Å². The van der Waals surface area contributed by atoms with Gasteiger partial charge in [-0.15, -0.1) is 0 Å². The number of sulfonamides is 1. The Bertz CT molecular complexity index is 663. The van der Waals surface area contributed by atoms with E-state index in [2.05, 4.69) is 25.8 Å². The lowest BCUT2D eigenvalue weighted by atomic mass is 10.1. The normalized spacial score (nSPS) is 13.3. The second-order valence-corrected chi connectivity index (χ2v) is 6.69. The van der Waals surface area contributed by atoms with Gasteiger partial charge >= 0.3 is 0 Å². The lowest BCUT2D eigenvalue weighted by Gasteiger charge is -2.16. The standard InChI is InChI=1S/C13H15BrN2O3S/c1-9-13(10(2)19-15-9)20(17,18)16-12(8-14)11-6-4-3-5-7-11/h3-7,12,16H,8H2,1-2H3. The summed E-state index contributed by atoms with van der Waals surface area (Å²) < 4.78 is 32.5. The van der Waals surface area contributed by atoms with Crippen LogP contribution in [0.3, 0.4) is 0 Å². The topological polar surface area (TPSA) is 72.2 Å². The van der Waals surface area contributed by atoms with Crippen molar-refractivity contribution >= 4 is 26.0 Å². The first-order valence-corrected chi connectivity index (χ1v) is 8.62. The number of aryl methyl sites for hydroxylation is 2. The molecular formula is C13H15BrN2O3S. The van der Waals surface area contributed by atoms with Gasteiger partial charge < -0.3 is 4.52 Å². The highest BCUT2D eigenvalue weighted by Gasteiger charge is 2.27. The van der Waals surface area contributed by atoms with Gasteiger partial charge in [0.25, 0.3) is 0 Å². The Hall–Kier alpha value is -1.18. The minimum absolute atomic E-state index is 0.111. The Kier molecular flexibility index (Phi) is 4.62. The van der Waals surface area contributed by atoms with Crippen molar-refractivity contribution in [2.45, 2.75) is 24.8 Å². The van der Waals surface area contributed by atoms with E-state index in [1.165, 1.54) is 0 Å². The van der Waals surface area contributed by atoms with E-state index in [4.69, 9.17) is 4.52 Å². The summed E-state index contributed by atoms with van der Waals surface area (Å²) in [5.74, 6) is 0.288. The van der Waals surface area contributed by atoms with Crippen molar-refractivity contribution in [2.24, 2.45) is 0 Å². The van der Waals surface area contributed by atoms with E-state index in [9.17, 15) is 8.42 Å². The van der Waals surface area contributed by atoms with E-state index < -0.39 is 10.0 Å². The maximum Gasteiger partial charge on any atom is 0.246 e. The summed E-state index contributed by atoms with van der Waals surface area (Å²) in [5, 5.41) is 4.15. The van der Waals surface area contributed by atoms with Crippen molar-refractivity contribution in [1.82, 2.24) is 9.88 Å². The minimum atomic E-state index is -3.67. The van der Waals surface area contributed by atoms with Gasteiger partial charge in [0.1, 0.15) is 10.6 Å². The Morgan fingerprint density at radius 3 is 2.45 bits per heavy atom. The third-order valence-electron chi connectivity index (χ3n) is 2.89. The van der Waals surface area contributed by atoms with Crippen LogP contribution in [0.2, 0.25) is 0 Å². The fourth-order valence-corrected chi connectivity index (χ4v) is 4.28. The fourth-order valence-electron chi connectivity index (χ4n) is 1.98. The lowest BCUT2D eigenvalue weighted by molar-refractivity contribution is 0.390. The second kappa shape index (κ2) is 6.07. The molecule has 1 aromatic carbocycles. The van der Waals surface area contributed by atoms with Crippen LogP contribution >= 0.6 is 15.9 Å². The van der Waals surface area contributed by atoms with E-state index in [0.717, 1.165) is 5.56 Å². The zero-order chi connectivity index (χ0) is 14.8. The van der Waals surface area contributed by atoms with E-state index in [-0.39, 0.29) is 16.7 Å². The SMILES string of the molecule is Cc1noc(C)c1S(=O)(=O)NC(CBr)c1ccccc1. The summed E-state index contributed by atoms with van der Waals surface area (Å²) in [6.45, 7) is 3.19. The van der Waals surface area contributed by atoms with E-state index >= 15 is 0 Å². The van der Waals surface area contributed by atoms with E-state index in [0.29, 0.717) is 11.0 Å². The first-order valence-electron chi connectivity index (χ1n) is 6.02. The number of halogens is 1. The first-order chi connectivity index (χ1) is 9.45. The smallest absolute Gasteiger partial charge is 0.246 e. The monoisotopic (exact) mass is 358 g/mol. The molecule has 1 N–H and O–H groups in total. The van der Waals surface area contributed by atoms with Crippen molar-refractivity contribution < 1.29 is 12.9 Å².